The fourth-order valence-electron chi connectivity index (χ4n) is 4.87. The third kappa shape index (κ3) is 4.23. The van der Waals surface area contributed by atoms with Gasteiger partial charge in [-0.2, -0.15) is 9.61 Å². The predicted molar refractivity (Wildman–Crippen MR) is 143 cm³/mol. The van der Waals surface area contributed by atoms with Gasteiger partial charge >= 0.3 is 0 Å². The van der Waals surface area contributed by atoms with Crippen molar-refractivity contribution in [2.24, 2.45) is 0 Å². The van der Waals surface area contributed by atoms with Crippen LogP contribution in [-0.2, 0) is 0 Å². The highest BCUT2D eigenvalue weighted by molar-refractivity contribution is 5.90. The Morgan fingerprint density at radius 1 is 0.750 bits per heavy atom. The number of anilines is 1. The first-order valence-electron chi connectivity index (χ1n) is 12.4. The Kier molecular flexibility index (Phi) is 6.15. The zero-order valence-electron chi connectivity index (χ0n) is 20.0. The third-order valence-corrected chi connectivity index (χ3v) is 6.72. The molecule has 1 N–H and O–H groups in total. The highest BCUT2D eigenvalue weighted by Gasteiger charge is 2.25. The summed E-state index contributed by atoms with van der Waals surface area (Å²) in [6, 6.07) is 28.6. The van der Waals surface area contributed by atoms with Gasteiger partial charge in [0.05, 0.1) is 23.6 Å². The van der Waals surface area contributed by atoms with E-state index in [0.29, 0.717) is 6.54 Å². The second kappa shape index (κ2) is 9.89. The number of benzene rings is 2. The van der Waals surface area contributed by atoms with Crippen molar-refractivity contribution in [2.45, 2.75) is 0 Å². The lowest BCUT2D eigenvalue weighted by Gasteiger charge is -2.35. The molecule has 0 unspecified atom stereocenters. The van der Waals surface area contributed by atoms with Crippen molar-refractivity contribution >= 4 is 11.5 Å². The molecule has 0 spiro atoms. The summed E-state index contributed by atoms with van der Waals surface area (Å²) in [5.74, 6) is 1.02. The standard InChI is InChI=1S/C29H28N6O/c36-20-19-33-15-17-34(18-16-33)26-21-25(22-9-3-1-4-10-22)31-29-27(24-13-7-8-14-30-24)28(32-35(26)29)23-11-5-2-6-12-23/h1-14,21,36H,15-20H2. The second-order valence-electron chi connectivity index (χ2n) is 8.96. The Labute approximate surface area is 210 Å². The molecule has 4 heterocycles. The van der Waals surface area contributed by atoms with E-state index < -0.39 is 0 Å². The fraction of sp³-hybridized carbons (Fsp3) is 0.207. The lowest BCUT2D eigenvalue weighted by molar-refractivity contribution is 0.188. The van der Waals surface area contributed by atoms with E-state index in [0.717, 1.165) is 71.4 Å². The number of aromatic nitrogens is 4. The van der Waals surface area contributed by atoms with E-state index in [1.165, 1.54) is 0 Å². The van der Waals surface area contributed by atoms with E-state index in [1.807, 2.05) is 65.3 Å². The molecule has 0 bridgehead atoms. The number of rotatable bonds is 6. The first-order chi connectivity index (χ1) is 17.8. The second-order valence-corrected chi connectivity index (χ2v) is 8.96. The maximum Gasteiger partial charge on any atom is 0.168 e. The van der Waals surface area contributed by atoms with Crippen LogP contribution in [0.25, 0.3) is 39.4 Å². The number of hydrogen-bond donors (Lipinski definition) is 1. The Balaban J connectivity index is 1.59. The van der Waals surface area contributed by atoms with Gasteiger partial charge in [-0.15, -0.1) is 0 Å². The van der Waals surface area contributed by atoms with E-state index in [1.54, 1.807) is 0 Å². The molecule has 2 aromatic carbocycles. The van der Waals surface area contributed by atoms with Gasteiger partial charge in [0.25, 0.3) is 0 Å². The lowest BCUT2D eigenvalue weighted by atomic mass is 10.0. The Bertz CT molecular complexity index is 1450. The van der Waals surface area contributed by atoms with Crippen molar-refractivity contribution in [3.8, 4) is 33.8 Å². The zero-order chi connectivity index (χ0) is 24.3. The average Bonchev–Trinajstić information content (AvgIpc) is 3.34. The van der Waals surface area contributed by atoms with Crippen LogP contribution in [0.1, 0.15) is 0 Å². The van der Waals surface area contributed by atoms with Crippen molar-refractivity contribution in [2.75, 3.05) is 44.2 Å². The smallest absolute Gasteiger partial charge is 0.168 e. The number of β-amino-alcohol motifs (C(OH)–C–C–N with tert-alkyl or cyclic N) is 1. The molecule has 0 radical (unpaired) electrons. The molecular formula is C29H28N6O. The summed E-state index contributed by atoms with van der Waals surface area (Å²) in [6.07, 6.45) is 1.82. The number of hydrogen-bond acceptors (Lipinski definition) is 6. The molecule has 6 rings (SSSR count). The highest BCUT2D eigenvalue weighted by atomic mass is 16.3. The van der Waals surface area contributed by atoms with E-state index in [-0.39, 0.29) is 6.61 Å². The first-order valence-corrected chi connectivity index (χ1v) is 12.4. The van der Waals surface area contributed by atoms with Gasteiger partial charge in [0, 0.05) is 56.1 Å². The summed E-state index contributed by atoms with van der Waals surface area (Å²) in [6.45, 7) is 4.39. The highest BCUT2D eigenvalue weighted by Crippen LogP contribution is 2.36. The van der Waals surface area contributed by atoms with Gasteiger partial charge in [-0.3, -0.25) is 9.88 Å². The van der Waals surface area contributed by atoms with Gasteiger partial charge < -0.3 is 10.0 Å². The minimum atomic E-state index is 0.185. The maximum absolute atomic E-state index is 9.37. The van der Waals surface area contributed by atoms with E-state index in [9.17, 15) is 5.11 Å². The Hall–Kier alpha value is -4.07. The van der Waals surface area contributed by atoms with Crippen LogP contribution >= 0.6 is 0 Å². The molecule has 5 aromatic rings. The summed E-state index contributed by atoms with van der Waals surface area (Å²) in [5.41, 5.74) is 6.45. The first kappa shape index (κ1) is 22.4. The van der Waals surface area contributed by atoms with Crippen LogP contribution in [-0.4, -0.2) is 68.9 Å². The molecule has 36 heavy (non-hydrogen) atoms. The molecule has 1 fully saturated rings. The van der Waals surface area contributed by atoms with Crippen LogP contribution in [0.2, 0.25) is 0 Å². The average molecular weight is 477 g/mol. The summed E-state index contributed by atoms with van der Waals surface area (Å²) in [5, 5.41) is 14.5. The minimum Gasteiger partial charge on any atom is -0.395 e. The predicted octanol–water partition coefficient (Wildman–Crippen LogP) is 4.24. The van der Waals surface area contributed by atoms with Crippen LogP contribution in [0.15, 0.2) is 91.1 Å². The quantitative estimate of drug-likeness (QED) is 0.395. The summed E-state index contributed by atoms with van der Waals surface area (Å²) >= 11 is 0. The lowest BCUT2D eigenvalue weighted by Crippen LogP contribution is -2.47. The monoisotopic (exact) mass is 476 g/mol. The molecule has 0 aliphatic carbocycles. The van der Waals surface area contributed by atoms with Gasteiger partial charge in [0.1, 0.15) is 11.5 Å². The Morgan fingerprint density at radius 2 is 1.44 bits per heavy atom. The number of fused-ring (bicyclic) bond motifs is 1. The molecule has 3 aromatic heterocycles. The molecule has 7 nitrogen and oxygen atoms in total. The molecule has 7 heteroatoms. The van der Waals surface area contributed by atoms with Gasteiger partial charge in [0.15, 0.2) is 5.65 Å². The fourth-order valence-corrected chi connectivity index (χ4v) is 4.87. The SMILES string of the molecule is OCCN1CCN(c2cc(-c3ccccc3)nc3c(-c4ccccn4)c(-c4ccccc4)nn23)CC1. The van der Waals surface area contributed by atoms with Gasteiger partial charge in [-0.25, -0.2) is 4.98 Å². The number of aliphatic hydroxyl groups excluding tert-OH is 1. The normalized spacial score (nSPS) is 14.4. The van der Waals surface area contributed by atoms with Crippen molar-refractivity contribution in [1.29, 1.82) is 0 Å². The molecular weight excluding hydrogens is 448 g/mol. The Morgan fingerprint density at radius 3 is 2.11 bits per heavy atom. The van der Waals surface area contributed by atoms with E-state index in [4.69, 9.17) is 15.1 Å². The topological polar surface area (TPSA) is 69.8 Å². The molecule has 180 valence electrons. The van der Waals surface area contributed by atoms with Crippen molar-refractivity contribution < 1.29 is 5.11 Å². The summed E-state index contributed by atoms with van der Waals surface area (Å²) in [4.78, 5) is 14.5. The van der Waals surface area contributed by atoms with Crippen LogP contribution in [0.5, 0.6) is 0 Å². The number of pyridine rings is 1. The largest absolute Gasteiger partial charge is 0.395 e. The van der Waals surface area contributed by atoms with Crippen molar-refractivity contribution in [3.63, 3.8) is 0 Å². The summed E-state index contributed by atoms with van der Waals surface area (Å²) < 4.78 is 1.99. The van der Waals surface area contributed by atoms with Gasteiger partial charge in [0.2, 0.25) is 0 Å². The van der Waals surface area contributed by atoms with E-state index in [2.05, 4.69) is 40.1 Å². The molecule has 0 saturated carbocycles. The number of nitrogens with zero attached hydrogens (tertiary/aromatic N) is 6. The van der Waals surface area contributed by atoms with Crippen LogP contribution < -0.4 is 4.90 Å². The van der Waals surface area contributed by atoms with Crippen molar-refractivity contribution in [1.82, 2.24) is 24.5 Å². The molecule has 1 saturated heterocycles. The van der Waals surface area contributed by atoms with Crippen LogP contribution in [0.3, 0.4) is 0 Å². The maximum atomic E-state index is 9.37. The minimum absolute atomic E-state index is 0.185. The van der Waals surface area contributed by atoms with Crippen molar-refractivity contribution in [3.05, 3.63) is 91.1 Å². The van der Waals surface area contributed by atoms with Crippen LogP contribution in [0.4, 0.5) is 5.82 Å². The van der Waals surface area contributed by atoms with E-state index >= 15 is 0 Å². The third-order valence-electron chi connectivity index (χ3n) is 6.72. The number of aliphatic hydroxyl groups is 1. The van der Waals surface area contributed by atoms with Gasteiger partial charge in [-0.1, -0.05) is 66.7 Å². The zero-order valence-corrected chi connectivity index (χ0v) is 20.0. The van der Waals surface area contributed by atoms with Crippen LogP contribution in [0, 0.1) is 0 Å². The molecule has 0 atom stereocenters. The molecule has 1 aliphatic rings. The number of piperazine rings is 1. The summed E-state index contributed by atoms with van der Waals surface area (Å²) in [7, 11) is 0. The van der Waals surface area contributed by atoms with Gasteiger partial charge in [-0.05, 0) is 12.1 Å². The molecule has 1 aliphatic heterocycles. The molecule has 0 amide bonds.